The van der Waals surface area contributed by atoms with Gasteiger partial charge in [0.1, 0.15) is 18.1 Å². The zero-order chi connectivity index (χ0) is 27.8. The second kappa shape index (κ2) is 12.7. The fourth-order valence-corrected chi connectivity index (χ4v) is 4.46. The van der Waals surface area contributed by atoms with Gasteiger partial charge in [0.15, 0.2) is 0 Å². The molecule has 6 heteroatoms. The summed E-state index contributed by atoms with van der Waals surface area (Å²) in [7, 11) is 1.55. The monoisotopic (exact) mass is 518 g/mol. The van der Waals surface area contributed by atoms with Crippen LogP contribution in [0.3, 0.4) is 0 Å². The van der Waals surface area contributed by atoms with Crippen LogP contribution in [-0.2, 0) is 19.1 Å². The molecule has 0 aliphatic heterocycles. The molecule has 3 aromatic carbocycles. The molecular formula is C32H38O6. The molecule has 1 unspecified atom stereocenters. The lowest BCUT2D eigenvalue weighted by molar-refractivity contribution is -0.156. The maximum absolute atomic E-state index is 13.3. The molecule has 0 saturated heterocycles. The van der Waals surface area contributed by atoms with Crippen molar-refractivity contribution in [1.82, 2.24) is 0 Å². The van der Waals surface area contributed by atoms with Crippen LogP contribution < -0.4 is 4.74 Å². The molecule has 38 heavy (non-hydrogen) atoms. The lowest BCUT2D eigenvalue weighted by Gasteiger charge is -2.33. The van der Waals surface area contributed by atoms with Gasteiger partial charge in [0.25, 0.3) is 0 Å². The van der Waals surface area contributed by atoms with E-state index in [4.69, 9.17) is 14.2 Å². The third kappa shape index (κ3) is 7.93. The first-order valence-corrected chi connectivity index (χ1v) is 12.8. The Balaban J connectivity index is 1.75. The maximum Gasteiger partial charge on any atom is 0.316 e. The summed E-state index contributed by atoms with van der Waals surface area (Å²) in [5.74, 6) is -0.204. The third-order valence-corrected chi connectivity index (χ3v) is 6.68. The minimum atomic E-state index is -0.851. The van der Waals surface area contributed by atoms with Gasteiger partial charge in [-0.1, -0.05) is 54.6 Å². The van der Waals surface area contributed by atoms with Gasteiger partial charge >= 0.3 is 11.9 Å². The van der Waals surface area contributed by atoms with Crippen molar-refractivity contribution in [3.05, 3.63) is 84.4 Å². The number of aromatic hydroxyl groups is 1. The summed E-state index contributed by atoms with van der Waals surface area (Å²) in [6, 6.07) is 24.4. The first kappa shape index (κ1) is 28.9. The summed E-state index contributed by atoms with van der Waals surface area (Å²) in [5.41, 5.74) is 1.40. The third-order valence-electron chi connectivity index (χ3n) is 6.68. The van der Waals surface area contributed by atoms with Crippen molar-refractivity contribution in [2.24, 2.45) is 10.8 Å². The fourth-order valence-electron chi connectivity index (χ4n) is 4.46. The van der Waals surface area contributed by atoms with Gasteiger partial charge < -0.3 is 19.3 Å². The molecule has 3 rings (SSSR count). The molecule has 6 nitrogen and oxygen atoms in total. The Hall–Kier alpha value is -3.64. The number of hydrogen-bond donors (Lipinski definition) is 1. The highest BCUT2D eigenvalue weighted by Crippen LogP contribution is 2.41. The summed E-state index contributed by atoms with van der Waals surface area (Å²) in [5, 5.41) is 9.80. The number of carbonyl (C=O) groups is 2. The minimum Gasteiger partial charge on any atom is -0.508 e. The summed E-state index contributed by atoms with van der Waals surface area (Å²) in [6.45, 7) is 7.90. The van der Waals surface area contributed by atoms with Crippen LogP contribution in [0.1, 0.15) is 52.0 Å². The number of esters is 2. The Morgan fingerprint density at radius 2 is 1.29 bits per heavy atom. The normalized spacial score (nSPS) is 12.6. The average molecular weight is 519 g/mol. The lowest BCUT2D eigenvalue weighted by Crippen LogP contribution is -2.34. The van der Waals surface area contributed by atoms with Crippen molar-refractivity contribution < 1.29 is 28.9 Å². The molecule has 0 aromatic heterocycles. The van der Waals surface area contributed by atoms with E-state index in [9.17, 15) is 14.7 Å². The van der Waals surface area contributed by atoms with E-state index in [2.05, 4.69) is 0 Å². The molecular weight excluding hydrogens is 480 g/mol. The van der Waals surface area contributed by atoms with Crippen molar-refractivity contribution in [2.75, 3.05) is 20.3 Å². The highest BCUT2D eigenvalue weighted by atomic mass is 16.6. The van der Waals surface area contributed by atoms with Crippen molar-refractivity contribution in [2.45, 2.75) is 46.5 Å². The summed E-state index contributed by atoms with van der Waals surface area (Å²) < 4.78 is 16.2. The van der Waals surface area contributed by atoms with Crippen LogP contribution in [-0.4, -0.2) is 37.4 Å². The van der Waals surface area contributed by atoms with Crippen LogP contribution in [0.5, 0.6) is 11.5 Å². The Labute approximate surface area is 225 Å². The van der Waals surface area contributed by atoms with E-state index in [-0.39, 0.29) is 30.2 Å². The highest BCUT2D eigenvalue weighted by molar-refractivity contribution is 5.79. The number of benzene rings is 3. The molecule has 0 spiro atoms. The van der Waals surface area contributed by atoms with E-state index in [1.54, 1.807) is 31.4 Å². The molecule has 202 valence electrons. The van der Waals surface area contributed by atoms with E-state index >= 15 is 0 Å². The van der Waals surface area contributed by atoms with Crippen LogP contribution >= 0.6 is 0 Å². The van der Waals surface area contributed by atoms with E-state index in [1.165, 1.54) is 0 Å². The minimum absolute atomic E-state index is 0.156. The summed E-state index contributed by atoms with van der Waals surface area (Å²) >= 11 is 0. The smallest absolute Gasteiger partial charge is 0.316 e. The van der Waals surface area contributed by atoms with Crippen LogP contribution in [0.2, 0.25) is 0 Å². The standard InChI is InChI=1S/C32H38O6/c1-31(2,29(34)37-20-19-36-5)21-26(25-11-15-27(33)16-12-25)22-32(3,4)30(35)38-28-17-13-24(14-18-28)23-9-7-6-8-10-23/h6-18,26,33H,19-22H2,1-5H3. The number of hydrogen-bond acceptors (Lipinski definition) is 6. The van der Waals surface area contributed by atoms with E-state index in [1.807, 2.05) is 82.3 Å². The molecule has 3 aromatic rings. The van der Waals surface area contributed by atoms with Gasteiger partial charge in [0.05, 0.1) is 17.4 Å². The molecule has 0 saturated carbocycles. The average Bonchev–Trinajstić information content (AvgIpc) is 2.89. The zero-order valence-corrected chi connectivity index (χ0v) is 22.9. The Morgan fingerprint density at radius 3 is 1.87 bits per heavy atom. The molecule has 0 aliphatic carbocycles. The van der Waals surface area contributed by atoms with E-state index < -0.39 is 10.8 Å². The van der Waals surface area contributed by atoms with Crippen molar-refractivity contribution >= 4 is 11.9 Å². The van der Waals surface area contributed by atoms with Crippen LogP contribution in [0.4, 0.5) is 0 Å². The van der Waals surface area contributed by atoms with Crippen molar-refractivity contribution in [3.63, 3.8) is 0 Å². The van der Waals surface area contributed by atoms with Gasteiger partial charge in [0.2, 0.25) is 0 Å². The van der Waals surface area contributed by atoms with E-state index in [0.717, 1.165) is 16.7 Å². The number of phenolic OH excluding ortho intramolecular Hbond substituents is 1. The fraction of sp³-hybridized carbons (Fsp3) is 0.375. The zero-order valence-electron chi connectivity index (χ0n) is 22.9. The van der Waals surface area contributed by atoms with Gasteiger partial charge in [-0.3, -0.25) is 9.59 Å². The number of phenols is 1. The largest absolute Gasteiger partial charge is 0.508 e. The molecule has 0 amide bonds. The van der Waals surface area contributed by atoms with Crippen LogP contribution in [0.15, 0.2) is 78.9 Å². The highest BCUT2D eigenvalue weighted by Gasteiger charge is 2.38. The molecule has 1 N–H and O–H groups in total. The van der Waals surface area contributed by atoms with Crippen molar-refractivity contribution in [3.8, 4) is 22.6 Å². The lowest BCUT2D eigenvalue weighted by atomic mass is 9.72. The van der Waals surface area contributed by atoms with Gasteiger partial charge in [-0.05, 0) is 87.4 Å². The quantitative estimate of drug-likeness (QED) is 0.162. The Morgan fingerprint density at radius 1 is 0.737 bits per heavy atom. The summed E-state index contributed by atoms with van der Waals surface area (Å²) in [4.78, 5) is 26.1. The maximum atomic E-state index is 13.3. The van der Waals surface area contributed by atoms with Gasteiger partial charge in [-0.15, -0.1) is 0 Å². The second-order valence-electron chi connectivity index (χ2n) is 10.9. The van der Waals surface area contributed by atoms with E-state index in [0.29, 0.717) is 25.2 Å². The van der Waals surface area contributed by atoms with Crippen molar-refractivity contribution in [1.29, 1.82) is 0 Å². The first-order valence-electron chi connectivity index (χ1n) is 12.8. The molecule has 1 atom stereocenters. The Bertz CT molecular complexity index is 1180. The molecule has 0 radical (unpaired) electrons. The van der Waals surface area contributed by atoms with Gasteiger partial charge in [-0.2, -0.15) is 0 Å². The predicted molar refractivity (Wildman–Crippen MR) is 148 cm³/mol. The van der Waals surface area contributed by atoms with Crippen LogP contribution in [0, 0.1) is 10.8 Å². The number of ether oxygens (including phenoxy) is 3. The predicted octanol–water partition coefficient (Wildman–Crippen LogP) is 6.77. The van der Waals surface area contributed by atoms with Gasteiger partial charge in [-0.25, -0.2) is 0 Å². The second-order valence-corrected chi connectivity index (χ2v) is 10.9. The topological polar surface area (TPSA) is 82.1 Å². The molecule has 0 bridgehead atoms. The molecule has 0 fully saturated rings. The first-order chi connectivity index (χ1) is 18.0. The Kier molecular flexibility index (Phi) is 9.70. The molecule has 0 aliphatic rings. The number of carbonyl (C=O) groups excluding carboxylic acids is 2. The molecule has 0 heterocycles. The SMILES string of the molecule is COCCOC(=O)C(C)(C)CC(CC(C)(C)C(=O)Oc1ccc(-c2ccccc2)cc1)c1ccc(O)cc1. The number of rotatable bonds is 12. The summed E-state index contributed by atoms with van der Waals surface area (Å²) in [6.07, 6.45) is 0.888. The van der Waals surface area contributed by atoms with Crippen LogP contribution in [0.25, 0.3) is 11.1 Å². The number of methoxy groups -OCH3 is 1. The van der Waals surface area contributed by atoms with Gasteiger partial charge in [0, 0.05) is 7.11 Å².